The highest BCUT2D eigenvalue weighted by molar-refractivity contribution is 5.04. The average molecular weight is 291 g/mol. The molecule has 1 saturated carbocycles. The van der Waals surface area contributed by atoms with Crippen molar-refractivity contribution in [2.24, 2.45) is 0 Å². The van der Waals surface area contributed by atoms with E-state index in [-0.39, 0.29) is 12.1 Å². The van der Waals surface area contributed by atoms with Crippen molar-refractivity contribution in [1.82, 2.24) is 15.2 Å². The molecule has 2 rings (SSSR count). The molecule has 1 fully saturated rings. The molecule has 1 aromatic rings. The van der Waals surface area contributed by atoms with Crippen LogP contribution in [0.5, 0.6) is 0 Å². The smallest absolute Gasteiger partial charge is 0.0613 e. The van der Waals surface area contributed by atoms with Crippen LogP contribution in [-0.4, -0.2) is 53.3 Å². The first-order valence-electron chi connectivity index (χ1n) is 8.15. The predicted molar refractivity (Wildman–Crippen MR) is 86.3 cm³/mol. The maximum atomic E-state index is 9.76. The van der Waals surface area contributed by atoms with Crippen molar-refractivity contribution in [1.29, 1.82) is 0 Å². The Morgan fingerprint density at radius 2 is 2.33 bits per heavy atom. The van der Waals surface area contributed by atoms with Gasteiger partial charge >= 0.3 is 0 Å². The number of aromatic nitrogens is 1. The van der Waals surface area contributed by atoms with Gasteiger partial charge in [-0.25, -0.2) is 0 Å². The zero-order valence-electron chi connectivity index (χ0n) is 13.4. The summed E-state index contributed by atoms with van der Waals surface area (Å²) in [6.07, 6.45) is 7.24. The van der Waals surface area contributed by atoms with Gasteiger partial charge in [-0.3, -0.25) is 4.98 Å². The minimum atomic E-state index is -0.0556. The third kappa shape index (κ3) is 4.50. The Morgan fingerprint density at radius 1 is 1.48 bits per heavy atom. The molecule has 118 valence electrons. The number of pyridine rings is 1. The monoisotopic (exact) mass is 291 g/mol. The van der Waals surface area contributed by atoms with Gasteiger partial charge in [0, 0.05) is 36.4 Å². The first-order valence-corrected chi connectivity index (χ1v) is 8.15. The summed E-state index contributed by atoms with van der Waals surface area (Å²) in [5.41, 5.74) is 1.10. The van der Waals surface area contributed by atoms with E-state index in [1.165, 1.54) is 0 Å². The number of rotatable bonds is 8. The lowest BCUT2D eigenvalue weighted by atomic mass is 9.98. The van der Waals surface area contributed by atoms with Gasteiger partial charge in [-0.15, -0.1) is 0 Å². The summed E-state index contributed by atoms with van der Waals surface area (Å²) in [7, 11) is 2.20. The molecule has 2 atom stereocenters. The van der Waals surface area contributed by atoms with Crippen molar-refractivity contribution in [3.05, 3.63) is 30.1 Å². The molecular formula is C17H29N3O. The Labute approximate surface area is 128 Å². The van der Waals surface area contributed by atoms with Crippen LogP contribution in [0, 0.1) is 0 Å². The van der Waals surface area contributed by atoms with Crippen molar-refractivity contribution >= 4 is 0 Å². The molecular weight excluding hydrogens is 262 g/mol. The van der Waals surface area contributed by atoms with Crippen LogP contribution in [0.2, 0.25) is 0 Å². The highest BCUT2D eigenvalue weighted by atomic mass is 16.3. The molecule has 1 aromatic heterocycles. The van der Waals surface area contributed by atoms with Crippen LogP contribution >= 0.6 is 0 Å². The van der Waals surface area contributed by atoms with Gasteiger partial charge in [0.1, 0.15) is 0 Å². The van der Waals surface area contributed by atoms with Crippen molar-refractivity contribution in [2.75, 3.05) is 26.7 Å². The Kier molecular flexibility index (Phi) is 6.15. The standard InChI is InChI=1S/C17H29N3O/c1-3-10-19-17(14-21)9-7-16(13-17)20(2)12-8-15-6-4-5-11-18-15/h4-6,11,16,19,21H,3,7-10,12-14H2,1-2H3. The number of hydrogen-bond donors (Lipinski definition) is 2. The van der Waals surface area contributed by atoms with Crippen molar-refractivity contribution < 1.29 is 5.11 Å². The average Bonchev–Trinajstić information content (AvgIpc) is 2.97. The van der Waals surface area contributed by atoms with Gasteiger partial charge in [0.25, 0.3) is 0 Å². The Bertz CT molecular complexity index is 412. The molecule has 4 heteroatoms. The van der Waals surface area contributed by atoms with E-state index < -0.39 is 0 Å². The molecule has 1 heterocycles. The van der Waals surface area contributed by atoms with Gasteiger partial charge in [-0.05, 0) is 51.4 Å². The molecule has 0 spiro atoms. The molecule has 2 unspecified atom stereocenters. The van der Waals surface area contributed by atoms with E-state index in [2.05, 4.69) is 35.2 Å². The Balaban J connectivity index is 1.82. The minimum Gasteiger partial charge on any atom is -0.394 e. The highest BCUT2D eigenvalue weighted by Crippen LogP contribution is 2.32. The second kappa shape index (κ2) is 7.87. The van der Waals surface area contributed by atoms with Crippen molar-refractivity contribution in [3.63, 3.8) is 0 Å². The van der Waals surface area contributed by atoms with Gasteiger partial charge < -0.3 is 15.3 Å². The molecule has 0 aromatic carbocycles. The van der Waals surface area contributed by atoms with E-state index in [1.54, 1.807) is 0 Å². The summed E-state index contributed by atoms with van der Waals surface area (Å²) < 4.78 is 0. The van der Waals surface area contributed by atoms with Gasteiger partial charge in [-0.1, -0.05) is 13.0 Å². The highest BCUT2D eigenvalue weighted by Gasteiger charge is 2.39. The summed E-state index contributed by atoms with van der Waals surface area (Å²) in [6, 6.07) is 6.65. The summed E-state index contributed by atoms with van der Waals surface area (Å²) in [5.74, 6) is 0. The third-order valence-electron chi connectivity index (χ3n) is 4.71. The lowest BCUT2D eigenvalue weighted by Crippen LogP contribution is -2.48. The minimum absolute atomic E-state index is 0.0556. The van der Waals surface area contributed by atoms with Gasteiger partial charge in [0.05, 0.1) is 6.61 Å². The van der Waals surface area contributed by atoms with E-state index >= 15 is 0 Å². The fourth-order valence-electron chi connectivity index (χ4n) is 3.24. The van der Waals surface area contributed by atoms with Crippen LogP contribution in [0.15, 0.2) is 24.4 Å². The molecule has 0 radical (unpaired) electrons. The molecule has 0 saturated heterocycles. The van der Waals surface area contributed by atoms with Gasteiger partial charge in [0.2, 0.25) is 0 Å². The largest absolute Gasteiger partial charge is 0.394 e. The number of nitrogens with one attached hydrogen (secondary N) is 1. The van der Waals surface area contributed by atoms with Crippen LogP contribution in [0.3, 0.4) is 0 Å². The number of aliphatic hydroxyl groups is 1. The summed E-state index contributed by atoms with van der Waals surface area (Å²) in [4.78, 5) is 6.81. The summed E-state index contributed by atoms with van der Waals surface area (Å²) in [6.45, 7) is 4.43. The molecule has 2 N–H and O–H groups in total. The zero-order valence-corrected chi connectivity index (χ0v) is 13.4. The molecule has 1 aliphatic carbocycles. The van der Waals surface area contributed by atoms with Gasteiger partial charge in [-0.2, -0.15) is 0 Å². The van der Waals surface area contributed by atoms with Crippen LogP contribution in [0.4, 0.5) is 0 Å². The SMILES string of the molecule is CCCNC1(CO)CCC(N(C)CCc2ccccn2)C1. The molecule has 0 amide bonds. The summed E-state index contributed by atoms with van der Waals surface area (Å²) >= 11 is 0. The number of nitrogens with zero attached hydrogens (tertiary/aromatic N) is 2. The Hall–Kier alpha value is -0.970. The number of hydrogen-bond acceptors (Lipinski definition) is 4. The second-order valence-electron chi connectivity index (χ2n) is 6.31. The Morgan fingerprint density at radius 3 is 3.00 bits per heavy atom. The fraction of sp³-hybridized carbons (Fsp3) is 0.706. The van der Waals surface area contributed by atoms with Crippen LogP contribution in [0.25, 0.3) is 0 Å². The van der Waals surface area contributed by atoms with Crippen LogP contribution in [-0.2, 0) is 6.42 Å². The maximum Gasteiger partial charge on any atom is 0.0613 e. The molecule has 1 aliphatic rings. The third-order valence-corrected chi connectivity index (χ3v) is 4.71. The quantitative estimate of drug-likeness (QED) is 0.767. The zero-order chi connectivity index (χ0) is 15.1. The van der Waals surface area contributed by atoms with Crippen molar-refractivity contribution in [3.8, 4) is 0 Å². The topological polar surface area (TPSA) is 48.4 Å². The van der Waals surface area contributed by atoms with E-state index in [4.69, 9.17) is 0 Å². The van der Waals surface area contributed by atoms with E-state index in [9.17, 15) is 5.11 Å². The van der Waals surface area contributed by atoms with E-state index in [0.717, 1.165) is 50.9 Å². The summed E-state index contributed by atoms with van der Waals surface area (Å²) in [5, 5.41) is 13.3. The predicted octanol–water partition coefficient (Wildman–Crippen LogP) is 1.84. The lowest BCUT2D eigenvalue weighted by Gasteiger charge is -2.30. The van der Waals surface area contributed by atoms with Gasteiger partial charge in [0.15, 0.2) is 0 Å². The van der Waals surface area contributed by atoms with Crippen LogP contribution < -0.4 is 5.32 Å². The number of aliphatic hydroxyl groups excluding tert-OH is 1. The first kappa shape index (κ1) is 16.4. The molecule has 4 nitrogen and oxygen atoms in total. The maximum absolute atomic E-state index is 9.76. The van der Waals surface area contributed by atoms with Crippen LogP contribution in [0.1, 0.15) is 38.3 Å². The molecule has 0 aliphatic heterocycles. The molecule has 0 bridgehead atoms. The second-order valence-corrected chi connectivity index (χ2v) is 6.31. The lowest BCUT2D eigenvalue weighted by molar-refractivity contribution is 0.151. The number of likely N-dealkylation sites (N-methyl/N-ethyl adjacent to an activating group) is 1. The van der Waals surface area contributed by atoms with Crippen molar-refractivity contribution in [2.45, 2.75) is 50.6 Å². The normalized spacial score (nSPS) is 25.6. The fourth-order valence-corrected chi connectivity index (χ4v) is 3.24. The first-order chi connectivity index (χ1) is 10.2. The molecule has 21 heavy (non-hydrogen) atoms. The van der Waals surface area contributed by atoms with E-state index in [0.29, 0.717) is 6.04 Å². The van der Waals surface area contributed by atoms with E-state index in [1.807, 2.05) is 18.3 Å².